The van der Waals surface area contributed by atoms with E-state index in [1.807, 2.05) is 0 Å². The Bertz CT molecular complexity index is 420. The standard InChI is InChI=1S/C10H7Br3O3/c1-5(10(14)15-2)16-9-7(12)3-6(11)4-8(9)13/h3-4H,1H2,2H3. The minimum absolute atomic E-state index is 0.0776. The van der Waals surface area contributed by atoms with Gasteiger partial charge in [-0.2, -0.15) is 0 Å². The Balaban J connectivity index is 2.98. The lowest BCUT2D eigenvalue weighted by Crippen LogP contribution is -2.09. The number of carbonyl (C=O) groups excluding carboxylic acids is 1. The molecule has 0 spiro atoms. The molecule has 0 saturated carbocycles. The van der Waals surface area contributed by atoms with Crippen LogP contribution >= 0.6 is 47.8 Å². The van der Waals surface area contributed by atoms with Crippen LogP contribution in [-0.2, 0) is 9.53 Å². The molecule has 0 fully saturated rings. The zero-order chi connectivity index (χ0) is 12.3. The maximum absolute atomic E-state index is 11.1. The highest BCUT2D eigenvalue weighted by atomic mass is 79.9. The monoisotopic (exact) mass is 412 g/mol. The Kier molecular flexibility index (Phi) is 5.01. The number of hydrogen-bond acceptors (Lipinski definition) is 3. The summed E-state index contributed by atoms with van der Waals surface area (Å²) in [6.07, 6.45) is 0. The van der Waals surface area contributed by atoms with E-state index < -0.39 is 5.97 Å². The molecule has 0 aromatic heterocycles. The van der Waals surface area contributed by atoms with Gasteiger partial charge in [0.15, 0.2) is 5.75 Å². The number of carbonyl (C=O) groups is 1. The van der Waals surface area contributed by atoms with E-state index in [2.05, 4.69) is 59.1 Å². The number of benzene rings is 1. The van der Waals surface area contributed by atoms with Crippen LogP contribution in [0.1, 0.15) is 0 Å². The van der Waals surface area contributed by atoms with Crippen LogP contribution in [-0.4, -0.2) is 13.1 Å². The fourth-order valence-corrected chi connectivity index (χ4v) is 3.33. The molecule has 0 aliphatic rings. The lowest BCUT2D eigenvalue weighted by molar-refractivity contribution is -0.138. The SMILES string of the molecule is C=C(Oc1c(Br)cc(Br)cc1Br)C(=O)OC. The molecule has 0 unspecified atom stereocenters. The van der Waals surface area contributed by atoms with Crippen molar-refractivity contribution >= 4 is 53.8 Å². The van der Waals surface area contributed by atoms with Gasteiger partial charge in [0.05, 0.1) is 16.1 Å². The molecule has 0 N–H and O–H groups in total. The first-order valence-electron chi connectivity index (χ1n) is 4.05. The van der Waals surface area contributed by atoms with Crippen LogP contribution in [0.4, 0.5) is 0 Å². The number of esters is 1. The van der Waals surface area contributed by atoms with Crippen molar-refractivity contribution in [2.75, 3.05) is 7.11 Å². The smallest absolute Gasteiger partial charge is 0.373 e. The van der Waals surface area contributed by atoms with Gasteiger partial charge in [-0.3, -0.25) is 0 Å². The molecule has 0 atom stereocenters. The first kappa shape index (κ1) is 13.7. The first-order chi connectivity index (χ1) is 7.45. The fourth-order valence-electron chi connectivity index (χ4n) is 0.905. The van der Waals surface area contributed by atoms with E-state index in [1.54, 1.807) is 12.1 Å². The van der Waals surface area contributed by atoms with Crippen LogP contribution < -0.4 is 4.74 Å². The summed E-state index contributed by atoms with van der Waals surface area (Å²) in [6, 6.07) is 3.59. The van der Waals surface area contributed by atoms with E-state index in [0.717, 1.165) is 4.47 Å². The van der Waals surface area contributed by atoms with Gasteiger partial charge in [-0.05, 0) is 50.6 Å². The highest BCUT2D eigenvalue weighted by Gasteiger charge is 2.14. The molecule has 1 aromatic rings. The largest absolute Gasteiger partial charge is 0.463 e. The second kappa shape index (κ2) is 5.84. The molecule has 0 bridgehead atoms. The molecule has 0 aliphatic carbocycles. The summed E-state index contributed by atoms with van der Waals surface area (Å²) in [6.45, 7) is 3.48. The maximum atomic E-state index is 11.1. The third kappa shape index (κ3) is 3.33. The summed E-state index contributed by atoms with van der Waals surface area (Å²) < 4.78 is 12.0. The molecule has 0 saturated heterocycles. The molecule has 86 valence electrons. The van der Waals surface area contributed by atoms with Crippen LogP contribution in [0.25, 0.3) is 0 Å². The van der Waals surface area contributed by atoms with Gasteiger partial charge in [-0.15, -0.1) is 0 Å². The van der Waals surface area contributed by atoms with Crippen molar-refractivity contribution in [3.8, 4) is 5.75 Å². The average Bonchev–Trinajstić information content (AvgIpc) is 2.21. The van der Waals surface area contributed by atoms with Gasteiger partial charge in [0.2, 0.25) is 5.76 Å². The zero-order valence-electron chi connectivity index (χ0n) is 8.22. The molecule has 1 rings (SSSR count). The van der Waals surface area contributed by atoms with Gasteiger partial charge in [0.25, 0.3) is 0 Å². The van der Waals surface area contributed by atoms with Gasteiger partial charge in [0.1, 0.15) is 0 Å². The Morgan fingerprint density at radius 1 is 1.25 bits per heavy atom. The topological polar surface area (TPSA) is 35.5 Å². The predicted molar refractivity (Wildman–Crippen MR) is 71.3 cm³/mol. The van der Waals surface area contributed by atoms with E-state index in [9.17, 15) is 4.79 Å². The molecule has 0 heterocycles. The first-order valence-corrected chi connectivity index (χ1v) is 6.43. The Morgan fingerprint density at radius 2 is 1.75 bits per heavy atom. The summed E-state index contributed by atoms with van der Waals surface area (Å²) in [5, 5.41) is 0. The summed E-state index contributed by atoms with van der Waals surface area (Å²) in [5.74, 6) is -0.216. The van der Waals surface area contributed by atoms with E-state index in [1.165, 1.54) is 7.11 Å². The molecule has 1 aromatic carbocycles. The van der Waals surface area contributed by atoms with Crippen molar-refractivity contribution in [3.63, 3.8) is 0 Å². The summed E-state index contributed by atoms with van der Waals surface area (Å²) in [7, 11) is 1.27. The van der Waals surface area contributed by atoms with Crippen molar-refractivity contribution in [3.05, 3.63) is 37.9 Å². The van der Waals surface area contributed by atoms with Gasteiger partial charge < -0.3 is 9.47 Å². The van der Waals surface area contributed by atoms with Crippen LogP contribution in [0.2, 0.25) is 0 Å². The third-order valence-electron chi connectivity index (χ3n) is 1.60. The maximum Gasteiger partial charge on any atom is 0.373 e. The minimum Gasteiger partial charge on any atom is -0.463 e. The molecule has 16 heavy (non-hydrogen) atoms. The number of methoxy groups -OCH3 is 1. The lowest BCUT2D eigenvalue weighted by Gasteiger charge is -2.10. The normalized spacial score (nSPS) is 9.75. The summed E-state index contributed by atoms with van der Waals surface area (Å²) in [5.41, 5.74) is 0. The van der Waals surface area contributed by atoms with Gasteiger partial charge in [0, 0.05) is 4.47 Å². The number of ether oxygens (including phenoxy) is 2. The second-order valence-electron chi connectivity index (χ2n) is 2.72. The van der Waals surface area contributed by atoms with Gasteiger partial charge in [-0.25, -0.2) is 4.79 Å². The molecule has 3 nitrogen and oxygen atoms in total. The van der Waals surface area contributed by atoms with Crippen LogP contribution in [0.5, 0.6) is 5.75 Å². The van der Waals surface area contributed by atoms with Crippen LogP contribution in [0, 0.1) is 0 Å². The quantitative estimate of drug-likeness (QED) is 0.425. The molecular weight excluding hydrogens is 408 g/mol. The Morgan fingerprint density at radius 3 is 2.19 bits per heavy atom. The van der Waals surface area contributed by atoms with Crippen molar-refractivity contribution in [1.29, 1.82) is 0 Å². The average molecular weight is 415 g/mol. The van der Waals surface area contributed by atoms with Crippen LogP contribution in [0.3, 0.4) is 0 Å². The highest BCUT2D eigenvalue weighted by Crippen LogP contribution is 2.37. The highest BCUT2D eigenvalue weighted by molar-refractivity contribution is 9.11. The second-order valence-corrected chi connectivity index (χ2v) is 5.34. The summed E-state index contributed by atoms with van der Waals surface area (Å²) in [4.78, 5) is 11.1. The number of rotatable bonds is 3. The molecule has 0 radical (unpaired) electrons. The lowest BCUT2D eigenvalue weighted by atomic mass is 10.3. The molecule has 0 aliphatic heterocycles. The molecule has 0 amide bonds. The van der Waals surface area contributed by atoms with E-state index in [0.29, 0.717) is 14.7 Å². The van der Waals surface area contributed by atoms with E-state index >= 15 is 0 Å². The summed E-state index contributed by atoms with van der Waals surface area (Å²) >= 11 is 9.96. The van der Waals surface area contributed by atoms with Crippen LogP contribution in [0.15, 0.2) is 37.9 Å². The predicted octanol–water partition coefficient (Wildman–Crippen LogP) is 4.04. The minimum atomic E-state index is -0.610. The van der Waals surface area contributed by atoms with Crippen molar-refractivity contribution in [2.24, 2.45) is 0 Å². The van der Waals surface area contributed by atoms with Crippen molar-refractivity contribution in [1.82, 2.24) is 0 Å². The molecule has 6 heteroatoms. The van der Waals surface area contributed by atoms with Gasteiger partial charge >= 0.3 is 5.97 Å². The van der Waals surface area contributed by atoms with E-state index in [4.69, 9.17) is 4.74 Å². The Labute approximate surface area is 118 Å². The molecular formula is C10H7Br3O3. The van der Waals surface area contributed by atoms with Gasteiger partial charge in [-0.1, -0.05) is 15.9 Å². The number of hydrogen-bond donors (Lipinski definition) is 0. The number of halogens is 3. The van der Waals surface area contributed by atoms with E-state index in [-0.39, 0.29) is 5.76 Å². The van der Waals surface area contributed by atoms with Crippen molar-refractivity contribution in [2.45, 2.75) is 0 Å². The Hall–Kier alpha value is -0.330. The van der Waals surface area contributed by atoms with Crippen molar-refractivity contribution < 1.29 is 14.3 Å². The third-order valence-corrected chi connectivity index (χ3v) is 3.24. The zero-order valence-corrected chi connectivity index (χ0v) is 13.0. The fraction of sp³-hybridized carbons (Fsp3) is 0.100.